The predicted molar refractivity (Wildman–Crippen MR) is 7.13 cm³/mol. The number of rotatable bonds is 0. The van der Waals surface area contributed by atoms with E-state index in [1.807, 2.05) is 0 Å². The molecule has 0 fully saturated rings. The van der Waals surface area contributed by atoms with Crippen molar-refractivity contribution in [3.05, 3.63) is 0 Å². The van der Waals surface area contributed by atoms with Crippen LogP contribution in [-0.4, -0.2) is 11.0 Å². The maximum absolute atomic E-state index is 0. The molecule has 2 nitrogen and oxygen atoms in total. The van der Waals surface area contributed by atoms with Crippen molar-refractivity contribution in [2.45, 2.75) is 0 Å². The molecule has 0 N–H and O–H groups in total. The van der Waals surface area contributed by atoms with Crippen LogP contribution >= 0.6 is 0 Å². The second kappa shape index (κ2) is 59.9. The summed E-state index contributed by atoms with van der Waals surface area (Å²) >= 11 is 0. The summed E-state index contributed by atoms with van der Waals surface area (Å²) in [4.78, 5) is 0. The Labute approximate surface area is 39.7 Å². The summed E-state index contributed by atoms with van der Waals surface area (Å²) in [5.74, 6) is 0. The van der Waals surface area contributed by atoms with E-state index < -0.39 is 0 Å². The molecule has 21 valence electrons. The molecular formula is MnO2Si+2. The summed E-state index contributed by atoms with van der Waals surface area (Å²) in [7, 11) is 0. The van der Waals surface area contributed by atoms with E-state index in [-0.39, 0.29) is 39.0 Å². The van der Waals surface area contributed by atoms with Crippen molar-refractivity contribution in [2.75, 3.05) is 0 Å². The topological polar surface area (TPSA) is 57.0 Å². The van der Waals surface area contributed by atoms with Crippen LogP contribution < -0.4 is 0 Å². The van der Waals surface area contributed by atoms with Crippen LogP contribution in [0.4, 0.5) is 0 Å². The van der Waals surface area contributed by atoms with Crippen molar-refractivity contribution in [3.8, 4) is 0 Å². The standard InChI is InChI=1S/Mn.2O.Si/q+2;2*-2;+4. The van der Waals surface area contributed by atoms with Gasteiger partial charge in [-0.05, 0) is 0 Å². The number of hydrogen-bond donors (Lipinski definition) is 0. The second-order valence-electron chi connectivity index (χ2n) is 0. The van der Waals surface area contributed by atoms with Crippen LogP contribution in [0.25, 0.3) is 0 Å². The molecule has 0 saturated carbocycles. The molecule has 0 aromatic carbocycles. The van der Waals surface area contributed by atoms with E-state index in [0.29, 0.717) is 0 Å². The molecule has 0 unspecified atom stereocenters. The summed E-state index contributed by atoms with van der Waals surface area (Å²) in [6.45, 7) is 0. The SMILES string of the molecule is [Mn+2].[O-2].[O-2].[Si+4]. The van der Waals surface area contributed by atoms with Gasteiger partial charge in [0.2, 0.25) is 0 Å². The normalized spacial score (nSPS) is 0. The van der Waals surface area contributed by atoms with E-state index in [2.05, 4.69) is 0 Å². The maximum atomic E-state index is 0. The summed E-state index contributed by atoms with van der Waals surface area (Å²) < 4.78 is 0. The van der Waals surface area contributed by atoms with Gasteiger partial charge in [-0.2, -0.15) is 0 Å². The van der Waals surface area contributed by atoms with Crippen molar-refractivity contribution >= 4 is 11.0 Å². The minimum atomic E-state index is 0. The fraction of sp³-hybridized carbons (Fsp3) is 0. The molecule has 0 bridgehead atoms. The predicted octanol–water partition coefficient (Wildman–Crippen LogP) is -0.621. The van der Waals surface area contributed by atoms with Gasteiger partial charge >= 0.3 is 28.0 Å². The van der Waals surface area contributed by atoms with E-state index in [1.54, 1.807) is 0 Å². The van der Waals surface area contributed by atoms with Crippen molar-refractivity contribution in [2.24, 2.45) is 0 Å². The van der Waals surface area contributed by atoms with E-state index in [9.17, 15) is 0 Å². The Hall–Kier alpha value is 0.656. The third-order valence-corrected chi connectivity index (χ3v) is 0. The van der Waals surface area contributed by atoms with Crippen LogP contribution in [0, 0.1) is 0 Å². The molecule has 0 aliphatic carbocycles. The fourth-order valence-corrected chi connectivity index (χ4v) is 0. The van der Waals surface area contributed by atoms with Crippen molar-refractivity contribution in [1.29, 1.82) is 0 Å². The van der Waals surface area contributed by atoms with Gasteiger partial charge in [-0.15, -0.1) is 0 Å². The average Bonchev–Trinajstić information content (AvgIpc) is 0. The van der Waals surface area contributed by atoms with E-state index in [1.165, 1.54) is 0 Å². The van der Waals surface area contributed by atoms with Gasteiger partial charge in [0.15, 0.2) is 0 Å². The molecular weight excluding hydrogens is 115 g/mol. The summed E-state index contributed by atoms with van der Waals surface area (Å²) in [5, 5.41) is 0. The summed E-state index contributed by atoms with van der Waals surface area (Å²) in [6.07, 6.45) is 0. The molecule has 4 heavy (non-hydrogen) atoms. The Balaban J connectivity index is 0. The van der Waals surface area contributed by atoms with Crippen LogP contribution in [0.3, 0.4) is 0 Å². The first-order valence-electron chi connectivity index (χ1n) is 0. The molecule has 0 aromatic rings. The minimum absolute atomic E-state index is 0. The Morgan fingerprint density at radius 2 is 0.750 bits per heavy atom. The molecule has 0 aliphatic rings. The molecule has 0 aliphatic heterocycles. The van der Waals surface area contributed by atoms with Gasteiger partial charge in [0, 0.05) is 0 Å². The van der Waals surface area contributed by atoms with Gasteiger partial charge in [0.25, 0.3) is 0 Å². The first-order chi connectivity index (χ1) is 0. The zero-order chi connectivity index (χ0) is 0. The van der Waals surface area contributed by atoms with Gasteiger partial charge in [-0.3, -0.25) is 0 Å². The largest absolute Gasteiger partial charge is 4.00 e. The van der Waals surface area contributed by atoms with Gasteiger partial charge in [-0.25, -0.2) is 0 Å². The maximum Gasteiger partial charge on any atom is 4.00 e. The van der Waals surface area contributed by atoms with E-state index >= 15 is 0 Å². The molecule has 1 radical (unpaired) electrons. The number of hydrogen-bond acceptors (Lipinski definition) is 0. The monoisotopic (exact) mass is 115 g/mol. The molecule has 0 amide bonds. The average molecular weight is 115 g/mol. The minimum Gasteiger partial charge on any atom is -2.00 e. The zero-order valence-electron chi connectivity index (χ0n) is 1.69. The molecule has 0 atom stereocenters. The Kier molecular flexibility index (Phi) is 2160. The van der Waals surface area contributed by atoms with Crippen LogP contribution in [0.1, 0.15) is 0 Å². The summed E-state index contributed by atoms with van der Waals surface area (Å²) in [5.41, 5.74) is 0. The van der Waals surface area contributed by atoms with Crippen molar-refractivity contribution in [1.82, 2.24) is 0 Å². The smallest absolute Gasteiger partial charge is 2.00 e. The first kappa shape index (κ1) is 144. The zero-order valence-corrected chi connectivity index (χ0v) is 3.87. The molecule has 0 heterocycles. The molecule has 0 aromatic heterocycles. The third kappa shape index (κ3) is 16.9. The van der Waals surface area contributed by atoms with Crippen LogP contribution in [0.15, 0.2) is 0 Å². The van der Waals surface area contributed by atoms with Crippen LogP contribution in [0.5, 0.6) is 0 Å². The Bertz CT molecular complexity index is 6.00. The van der Waals surface area contributed by atoms with Gasteiger partial charge in [0.1, 0.15) is 0 Å². The quantitative estimate of drug-likeness (QED) is 0.378. The molecule has 0 spiro atoms. The molecule has 4 heteroatoms. The molecule has 0 saturated heterocycles. The Morgan fingerprint density at radius 1 is 0.750 bits per heavy atom. The Morgan fingerprint density at radius 3 is 0.750 bits per heavy atom. The van der Waals surface area contributed by atoms with Gasteiger partial charge in [-0.1, -0.05) is 0 Å². The molecule has 0 rings (SSSR count). The van der Waals surface area contributed by atoms with Crippen LogP contribution in [0.2, 0.25) is 0 Å². The third-order valence-electron chi connectivity index (χ3n) is 0. The van der Waals surface area contributed by atoms with Gasteiger partial charge in [0.05, 0.1) is 0 Å². The second-order valence-corrected chi connectivity index (χ2v) is 0. The van der Waals surface area contributed by atoms with E-state index in [4.69, 9.17) is 0 Å². The van der Waals surface area contributed by atoms with Crippen molar-refractivity contribution < 1.29 is 28.0 Å². The van der Waals surface area contributed by atoms with Crippen molar-refractivity contribution in [3.63, 3.8) is 0 Å². The first-order valence-corrected chi connectivity index (χ1v) is 0. The van der Waals surface area contributed by atoms with Crippen LogP contribution in [-0.2, 0) is 28.0 Å². The summed E-state index contributed by atoms with van der Waals surface area (Å²) in [6, 6.07) is 0. The van der Waals surface area contributed by atoms with E-state index in [0.717, 1.165) is 0 Å². The fourth-order valence-electron chi connectivity index (χ4n) is 0. The van der Waals surface area contributed by atoms with Gasteiger partial charge < -0.3 is 11.0 Å².